The topological polar surface area (TPSA) is 84.2 Å². The maximum Gasteiger partial charge on any atom is 0.318 e. The van der Waals surface area contributed by atoms with Gasteiger partial charge < -0.3 is 11.1 Å². The van der Waals surface area contributed by atoms with Crippen molar-refractivity contribution in [3.8, 4) is 0 Å². The summed E-state index contributed by atoms with van der Waals surface area (Å²) in [6, 6.07) is 6.69. The van der Waals surface area contributed by atoms with Gasteiger partial charge in [-0.3, -0.25) is 10.1 Å². The van der Waals surface area contributed by atoms with Crippen LogP contribution in [0.15, 0.2) is 24.3 Å². The summed E-state index contributed by atoms with van der Waals surface area (Å²) in [5.74, 6) is -0.700. The van der Waals surface area contributed by atoms with Gasteiger partial charge in [-0.15, -0.1) is 0 Å². The first-order valence-corrected chi connectivity index (χ1v) is 4.61. The molecule has 0 aliphatic carbocycles. The number of carbonyl (C=O) groups is 2. The zero-order valence-corrected chi connectivity index (χ0v) is 7.99. The van der Waals surface area contributed by atoms with Crippen LogP contribution in [0.3, 0.4) is 0 Å². The first-order chi connectivity index (χ1) is 7.18. The van der Waals surface area contributed by atoms with Crippen molar-refractivity contribution in [2.45, 2.75) is 5.92 Å². The zero-order chi connectivity index (χ0) is 10.8. The van der Waals surface area contributed by atoms with E-state index in [4.69, 9.17) is 5.73 Å². The summed E-state index contributed by atoms with van der Waals surface area (Å²) in [4.78, 5) is 22.1. The SMILES string of the molecule is NC(=O)NC(=O)C1CNc2ccccc21. The fourth-order valence-electron chi connectivity index (χ4n) is 1.73. The van der Waals surface area contributed by atoms with Crippen LogP contribution < -0.4 is 16.4 Å². The maximum atomic E-state index is 11.6. The molecule has 1 heterocycles. The Kier molecular flexibility index (Phi) is 2.29. The Morgan fingerprint density at radius 2 is 2.13 bits per heavy atom. The van der Waals surface area contributed by atoms with Gasteiger partial charge in [0.05, 0.1) is 5.92 Å². The second kappa shape index (κ2) is 3.61. The molecule has 0 fully saturated rings. The molecule has 2 rings (SSSR count). The van der Waals surface area contributed by atoms with Crippen LogP contribution >= 0.6 is 0 Å². The number of para-hydroxylation sites is 1. The summed E-state index contributed by atoms with van der Waals surface area (Å²) in [6.45, 7) is 0.498. The van der Waals surface area contributed by atoms with Gasteiger partial charge in [0.15, 0.2) is 0 Å². The molecule has 0 bridgehead atoms. The molecule has 1 aliphatic heterocycles. The Morgan fingerprint density at radius 1 is 1.40 bits per heavy atom. The van der Waals surface area contributed by atoms with Gasteiger partial charge in [0.25, 0.3) is 0 Å². The first kappa shape index (κ1) is 9.51. The van der Waals surface area contributed by atoms with Gasteiger partial charge in [-0.25, -0.2) is 4.79 Å². The van der Waals surface area contributed by atoms with E-state index in [0.717, 1.165) is 11.3 Å². The molecule has 0 saturated carbocycles. The molecule has 4 N–H and O–H groups in total. The van der Waals surface area contributed by atoms with E-state index in [1.165, 1.54) is 0 Å². The molecular weight excluding hydrogens is 194 g/mol. The molecule has 1 aromatic rings. The lowest BCUT2D eigenvalue weighted by atomic mass is 10.0. The molecule has 1 aromatic carbocycles. The fraction of sp³-hybridized carbons (Fsp3) is 0.200. The third-order valence-electron chi connectivity index (χ3n) is 2.40. The highest BCUT2D eigenvalue weighted by molar-refractivity contribution is 5.98. The number of nitrogens with one attached hydrogen (secondary N) is 2. The number of fused-ring (bicyclic) bond motifs is 1. The smallest absolute Gasteiger partial charge is 0.318 e. The monoisotopic (exact) mass is 205 g/mol. The Labute approximate surface area is 86.6 Å². The molecule has 1 atom stereocenters. The quantitative estimate of drug-likeness (QED) is 0.620. The third-order valence-corrected chi connectivity index (χ3v) is 2.40. The van der Waals surface area contributed by atoms with Crippen LogP contribution in [0.2, 0.25) is 0 Å². The largest absolute Gasteiger partial charge is 0.384 e. The standard InChI is InChI=1S/C10H11N3O2/c11-10(15)13-9(14)7-5-12-8-4-2-1-3-6(7)8/h1-4,7,12H,5H2,(H3,11,13,14,15). The maximum absolute atomic E-state index is 11.6. The van der Waals surface area contributed by atoms with E-state index in [1.54, 1.807) is 0 Å². The van der Waals surface area contributed by atoms with Crippen molar-refractivity contribution in [2.24, 2.45) is 5.73 Å². The van der Waals surface area contributed by atoms with Gasteiger partial charge in [0.2, 0.25) is 5.91 Å². The summed E-state index contributed by atoms with van der Waals surface area (Å²) in [7, 11) is 0. The minimum atomic E-state index is -0.815. The van der Waals surface area contributed by atoms with Crippen molar-refractivity contribution in [1.29, 1.82) is 0 Å². The Balaban J connectivity index is 2.20. The molecule has 15 heavy (non-hydrogen) atoms. The molecule has 0 aromatic heterocycles. The lowest BCUT2D eigenvalue weighted by molar-refractivity contribution is -0.121. The van der Waals surface area contributed by atoms with Gasteiger partial charge >= 0.3 is 6.03 Å². The third kappa shape index (κ3) is 1.76. The molecule has 0 spiro atoms. The van der Waals surface area contributed by atoms with Gasteiger partial charge in [-0.2, -0.15) is 0 Å². The van der Waals surface area contributed by atoms with Crippen LogP contribution in [0.5, 0.6) is 0 Å². The van der Waals surface area contributed by atoms with Crippen LogP contribution in [0.1, 0.15) is 11.5 Å². The number of benzene rings is 1. The molecule has 1 unspecified atom stereocenters. The number of carbonyl (C=O) groups excluding carboxylic acids is 2. The molecule has 1 aliphatic rings. The van der Waals surface area contributed by atoms with E-state index in [0.29, 0.717) is 6.54 Å². The van der Waals surface area contributed by atoms with Crippen molar-refractivity contribution in [1.82, 2.24) is 5.32 Å². The van der Waals surface area contributed by atoms with E-state index in [-0.39, 0.29) is 11.8 Å². The van der Waals surface area contributed by atoms with E-state index >= 15 is 0 Å². The number of imide groups is 1. The summed E-state index contributed by atoms with van der Waals surface area (Å²) in [5, 5.41) is 5.18. The highest BCUT2D eigenvalue weighted by Crippen LogP contribution is 2.30. The van der Waals surface area contributed by atoms with Gasteiger partial charge in [0, 0.05) is 12.2 Å². The molecule has 5 heteroatoms. The summed E-state index contributed by atoms with van der Waals surface area (Å²) in [5.41, 5.74) is 6.72. The highest BCUT2D eigenvalue weighted by Gasteiger charge is 2.28. The van der Waals surface area contributed by atoms with E-state index in [1.807, 2.05) is 24.3 Å². The first-order valence-electron chi connectivity index (χ1n) is 4.61. The number of rotatable bonds is 1. The average Bonchev–Trinajstić information content (AvgIpc) is 2.59. The lowest BCUT2D eigenvalue weighted by Gasteiger charge is -2.08. The summed E-state index contributed by atoms with van der Waals surface area (Å²) in [6.07, 6.45) is 0. The fourth-order valence-corrected chi connectivity index (χ4v) is 1.73. The van der Waals surface area contributed by atoms with Crippen molar-refractivity contribution in [3.05, 3.63) is 29.8 Å². The second-order valence-corrected chi connectivity index (χ2v) is 3.37. The normalized spacial score (nSPS) is 17.7. The molecule has 0 radical (unpaired) electrons. The Morgan fingerprint density at radius 3 is 2.87 bits per heavy atom. The lowest BCUT2D eigenvalue weighted by Crippen LogP contribution is -2.38. The Bertz CT molecular complexity index is 417. The van der Waals surface area contributed by atoms with Crippen LogP contribution in [0.25, 0.3) is 0 Å². The van der Waals surface area contributed by atoms with Gasteiger partial charge in [-0.05, 0) is 11.6 Å². The summed E-state index contributed by atoms with van der Waals surface area (Å²) < 4.78 is 0. The van der Waals surface area contributed by atoms with Gasteiger partial charge in [-0.1, -0.05) is 18.2 Å². The van der Waals surface area contributed by atoms with Crippen LogP contribution in [0.4, 0.5) is 10.5 Å². The van der Waals surface area contributed by atoms with Crippen molar-refractivity contribution in [2.75, 3.05) is 11.9 Å². The molecular formula is C10H11N3O2. The summed E-state index contributed by atoms with van der Waals surface area (Å²) >= 11 is 0. The van der Waals surface area contributed by atoms with Gasteiger partial charge in [0.1, 0.15) is 0 Å². The van der Waals surface area contributed by atoms with Crippen LogP contribution in [0, 0.1) is 0 Å². The number of hydrogen-bond acceptors (Lipinski definition) is 3. The van der Waals surface area contributed by atoms with Crippen LogP contribution in [-0.4, -0.2) is 18.5 Å². The number of primary amides is 1. The number of urea groups is 1. The number of nitrogens with two attached hydrogens (primary N) is 1. The van der Waals surface area contributed by atoms with Crippen molar-refractivity contribution in [3.63, 3.8) is 0 Å². The number of anilines is 1. The van der Waals surface area contributed by atoms with Crippen molar-refractivity contribution >= 4 is 17.6 Å². The zero-order valence-electron chi connectivity index (χ0n) is 7.99. The van der Waals surface area contributed by atoms with E-state index < -0.39 is 6.03 Å². The number of amides is 3. The Hall–Kier alpha value is -2.04. The highest BCUT2D eigenvalue weighted by atomic mass is 16.2. The molecule has 0 saturated heterocycles. The molecule has 78 valence electrons. The van der Waals surface area contributed by atoms with Crippen LogP contribution in [-0.2, 0) is 4.79 Å². The number of hydrogen-bond donors (Lipinski definition) is 3. The van der Waals surface area contributed by atoms with Crippen molar-refractivity contribution < 1.29 is 9.59 Å². The van der Waals surface area contributed by atoms with E-state index in [2.05, 4.69) is 10.6 Å². The average molecular weight is 205 g/mol. The van der Waals surface area contributed by atoms with E-state index in [9.17, 15) is 9.59 Å². The minimum Gasteiger partial charge on any atom is -0.384 e. The molecule has 3 amide bonds. The predicted octanol–water partition coefficient (Wildman–Crippen LogP) is 0.391. The molecule has 5 nitrogen and oxygen atoms in total. The predicted molar refractivity (Wildman–Crippen MR) is 55.4 cm³/mol. The second-order valence-electron chi connectivity index (χ2n) is 3.37. The minimum absolute atomic E-state index is 0.339.